The number of nitrogens with one attached hydrogen (secondary N) is 1. The third-order valence-corrected chi connectivity index (χ3v) is 5.13. The van der Waals surface area contributed by atoms with Gasteiger partial charge in [-0.3, -0.25) is 9.59 Å². The number of nitrogens with zero attached hydrogens (tertiary/aromatic N) is 1. The molecule has 4 nitrogen and oxygen atoms in total. The van der Waals surface area contributed by atoms with Crippen LogP contribution in [0.2, 0.25) is 0 Å². The van der Waals surface area contributed by atoms with Gasteiger partial charge in [0.1, 0.15) is 5.82 Å². The highest BCUT2D eigenvalue weighted by Gasteiger charge is 2.46. The molecule has 1 N–H and O–H groups in total. The highest BCUT2D eigenvalue weighted by atomic mass is 79.9. The second-order valence-electron chi connectivity index (χ2n) is 6.67. The Hall–Kier alpha value is -2.21. The van der Waals surface area contributed by atoms with Crippen molar-refractivity contribution in [3.8, 4) is 0 Å². The zero-order valence-corrected chi connectivity index (χ0v) is 16.2. The Morgan fingerprint density at radius 1 is 1.27 bits per heavy atom. The third kappa shape index (κ3) is 4.12. The average Bonchev–Trinajstić information content (AvgIpc) is 3.37. The van der Waals surface area contributed by atoms with Crippen molar-refractivity contribution in [1.29, 1.82) is 0 Å². The standard InChI is InChI=1S/C20H20BrFN2O2/c1-12-9-13(21)7-8-18(12)23-19(25)11-24(2)20(26)16-10-15(16)14-5-3-4-6-17(14)22/h3-9,15-16H,10-11H2,1-2H3,(H,23,25). The Balaban J connectivity index is 1.56. The van der Waals surface area contributed by atoms with E-state index in [1.54, 1.807) is 25.2 Å². The number of benzene rings is 2. The summed E-state index contributed by atoms with van der Waals surface area (Å²) in [6.45, 7) is 1.87. The number of carbonyl (C=O) groups is 2. The predicted octanol–water partition coefficient (Wildman–Crippen LogP) is 4.10. The van der Waals surface area contributed by atoms with Crippen molar-refractivity contribution in [3.63, 3.8) is 0 Å². The van der Waals surface area contributed by atoms with Gasteiger partial charge in [-0.2, -0.15) is 0 Å². The Kier molecular flexibility index (Phi) is 5.41. The van der Waals surface area contributed by atoms with Crippen LogP contribution >= 0.6 is 15.9 Å². The highest BCUT2D eigenvalue weighted by Crippen LogP contribution is 2.49. The van der Waals surface area contributed by atoms with E-state index in [1.807, 2.05) is 25.1 Å². The van der Waals surface area contributed by atoms with Crippen molar-refractivity contribution in [2.45, 2.75) is 19.3 Å². The maximum absolute atomic E-state index is 13.8. The summed E-state index contributed by atoms with van der Waals surface area (Å²) in [7, 11) is 1.60. The quantitative estimate of drug-likeness (QED) is 0.794. The SMILES string of the molecule is Cc1cc(Br)ccc1NC(=O)CN(C)C(=O)C1CC1c1ccccc1F. The molecule has 2 aromatic rings. The second-order valence-corrected chi connectivity index (χ2v) is 7.59. The molecule has 0 radical (unpaired) electrons. The molecule has 0 bridgehead atoms. The van der Waals surface area contributed by atoms with Crippen molar-refractivity contribution < 1.29 is 14.0 Å². The van der Waals surface area contributed by atoms with Crippen molar-refractivity contribution in [2.75, 3.05) is 18.9 Å². The zero-order valence-electron chi connectivity index (χ0n) is 14.6. The lowest BCUT2D eigenvalue weighted by Crippen LogP contribution is -2.36. The number of hydrogen-bond donors (Lipinski definition) is 1. The molecule has 0 saturated heterocycles. The number of carbonyl (C=O) groups excluding carboxylic acids is 2. The second kappa shape index (κ2) is 7.58. The summed E-state index contributed by atoms with van der Waals surface area (Å²) >= 11 is 3.38. The van der Waals surface area contributed by atoms with Crippen LogP contribution in [0.5, 0.6) is 0 Å². The fourth-order valence-electron chi connectivity index (χ4n) is 3.12. The van der Waals surface area contributed by atoms with Crippen molar-refractivity contribution in [3.05, 3.63) is 63.9 Å². The molecule has 3 rings (SSSR count). The fraction of sp³-hybridized carbons (Fsp3) is 0.300. The molecule has 136 valence electrons. The molecule has 6 heteroatoms. The smallest absolute Gasteiger partial charge is 0.243 e. The summed E-state index contributed by atoms with van der Waals surface area (Å²) in [4.78, 5) is 26.2. The molecule has 0 aromatic heterocycles. The number of rotatable bonds is 5. The lowest BCUT2D eigenvalue weighted by atomic mass is 10.1. The van der Waals surface area contributed by atoms with Gasteiger partial charge >= 0.3 is 0 Å². The van der Waals surface area contributed by atoms with E-state index in [-0.39, 0.29) is 36.0 Å². The highest BCUT2D eigenvalue weighted by molar-refractivity contribution is 9.10. The van der Waals surface area contributed by atoms with Crippen LogP contribution in [0.4, 0.5) is 10.1 Å². The first-order valence-corrected chi connectivity index (χ1v) is 9.21. The number of anilines is 1. The summed E-state index contributed by atoms with van der Waals surface area (Å²) < 4.78 is 14.8. The Morgan fingerprint density at radius 2 is 2.00 bits per heavy atom. The van der Waals surface area contributed by atoms with E-state index in [0.717, 1.165) is 15.7 Å². The van der Waals surface area contributed by atoms with Gasteiger partial charge in [-0.05, 0) is 54.7 Å². The molecular formula is C20H20BrFN2O2. The van der Waals surface area contributed by atoms with Crippen LogP contribution in [-0.2, 0) is 9.59 Å². The molecule has 1 fully saturated rings. The molecule has 0 heterocycles. The molecule has 26 heavy (non-hydrogen) atoms. The number of aryl methyl sites for hydroxylation is 1. The largest absolute Gasteiger partial charge is 0.336 e. The Morgan fingerprint density at radius 3 is 2.69 bits per heavy atom. The zero-order chi connectivity index (χ0) is 18.8. The third-order valence-electron chi connectivity index (χ3n) is 4.63. The minimum absolute atomic E-state index is 0.0329. The first kappa shape index (κ1) is 18.6. The lowest BCUT2D eigenvalue weighted by Gasteiger charge is -2.17. The minimum Gasteiger partial charge on any atom is -0.336 e. The summed E-state index contributed by atoms with van der Waals surface area (Å²) in [5.74, 6) is -1.00. The van der Waals surface area contributed by atoms with Gasteiger partial charge in [0.15, 0.2) is 0 Å². The topological polar surface area (TPSA) is 49.4 Å². The van der Waals surface area contributed by atoms with Gasteiger partial charge in [0.05, 0.1) is 6.54 Å². The predicted molar refractivity (Wildman–Crippen MR) is 102 cm³/mol. The van der Waals surface area contributed by atoms with E-state index < -0.39 is 0 Å². The van der Waals surface area contributed by atoms with Gasteiger partial charge in [0, 0.05) is 23.1 Å². The van der Waals surface area contributed by atoms with E-state index in [0.29, 0.717) is 12.0 Å². The molecule has 1 aliphatic rings. The normalized spacial score (nSPS) is 18.3. The maximum Gasteiger partial charge on any atom is 0.243 e. The van der Waals surface area contributed by atoms with Crippen molar-refractivity contribution in [1.82, 2.24) is 4.90 Å². The number of likely N-dealkylation sites (N-methyl/N-ethyl adjacent to an activating group) is 1. The van der Waals surface area contributed by atoms with E-state index in [2.05, 4.69) is 21.2 Å². The van der Waals surface area contributed by atoms with E-state index >= 15 is 0 Å². The lowest BCUT2D eigenvalue weighted by molar-refractivity contribution is -0.134. The Bertz CT molecular complexity index is 855. The molecule has 0 spiro atoms. The van der Waals surface area contributed by atoms with Crippen molar-refractivity contribution in [2.24, 2.45) is 5.92 Å². The van der Waals surface area contributed by atoms with Crippen LogP contribution < -0.4 is 5.32 Å². The monoisotopic (exact) mass is 418 g/mol. The van der Waals surface area contributed by atoms with Gasteiger partial charge in [0.25, 0.3) is 0 Å². The van der Waals surface area contributed by atoms with Gasteiger partial charge in [0.2, 0.25) is 11.8 Å². The van der Waals surface area contributed by atoms with Gasteiger partial charge in [-0.1, -0.05) is 34.1 Å². The van der Waals surface area contributed by atoms with Crippen LogP contribution in [-0.4, -0.2) is 30.3 Å². The summed E-state index contributed by atoms with van der Waals surface area (Å²) in [6, 6.07) is 12.1. The van der Waals surface area contributed by atoms with Crippen molar-refractivity contribution >= 4 is 33.4 Å². The van der Waals surface area contributed by atoms with Crippen LogP contribution in [0.1, 0.15) is 23.5 Å². The van der Waals surface area contributed by atoms with Crippen LogP contribution in [0.15, 0.2) is 46.9 Å². The Labute approximate surface area is 160 Å². The number of hydrogen-bond acceptors (Lipinski definition) is 2. The van der Waals surface area contributed by atoms with E-state index in [1.165, 1.54) is 11.0 Å². The van der Waals surface area contributed by atoms with Crippen LogP contribution in [0.25, 0.3) is 0 Å². The molecule has 1 saturated carbocycles. The van der Waals surface area contributed by atoms with E-state index in [4.69, 9.17) is 0 Å². The van der Waals surface area contributed by atoms with Crippen LogP contribution in [0.3, 0.4) is 0 Å². The van der Waals surface area contributed by atoms with Gasteiger partial charge in [-0.15, -0.1) is 0 Å². The average molecular weight is 419 g/mol. The molecule has 2 unspecified atom stereocenters. The molecule has 0 aliphatic heterocycles. The van der Waals surface area contributed by atoms with Gasteiger partial charge in [-0.25, -0.2) is 4.39 Å². The molecule has 2 amide bonds. The maximum atomic E-state index is 13.8. The first-order valence-electron chi connectivity index (χ1n) is 8.42. The minimum atomic E-state index is -0.279. The molecule has 1 aliphatic carbocycles. The molecule has 2 atom stereocenters. The summed E-state index contributed by atoms with van der Waals surface area (Å²) in [5.41, 5.74) is 2.23. The number of amides is 2. The fourth-order valence-corrected chi connectivity index (χ4v) is 3.60. The van der Waals surface area contributed by atoms with Gasteiger partial charge < -0.3 is 10.2 Å². The summed E-state index contributed by atoms with van der Waals surface area (Å²) in [5, 5.41) is 2.82. The number of halogens is 2. The molecular weight excluding hydrogens is 399 g/mol. The summed E-state index contributed by atoms with van der Waals surface area (Å²) in [6.07, 6.45) is 0.623. The van der Waals surface area contributed by atoms with Crippen LogP contribution in [0, 0.1) is 18.7 Å². The van der Waals surface area contributed by atoms with E-state index in [9.17, 15) is 14.0 Å². The first-order chi connectivity index (χ1) is 12.4. The molecule has 2 aromatic carbocycles.